The molecule has 0 bridgehead atoms. The monoisotopic (exact) mass is 362 g/mol. The van der Waals surface area contributed by atoms with Crippen LogP contribution in [0.4, 0.5) is 0 Å². The van der Waals surface area contributed by atoms with Gasteiger partial charge in [0, 0.05) is 6.42 Å². The largest absolute Gasteiger partial charge is 0.481 e. The quantitative estimate of drug-likeness (QED) is 0.193. The molecule has 0 aromatic rings. The molecule has 0 aromatic heterocycles. The molecule has 0 unspecified atom stereocenters. The van der Waals surface area contributed by atoms with Crippen molar-refractivity contribution in [3.8, 4) is 0 Å². The highest BCUT2D eigenvalue weighted by Crippen LogP contribution is 2.01. The third-order valence-electron chi connectivity index (χ3n) is 3.10. The Labute approximate surface area is 142 Å². The molecule has 0 radical (unpaired) electrons. The Morgan fingerprint density at radius 2 is 1.60 bits per heavy atom. The van der Waals surface area contributed by atoms with E-state index < -0.39 is 60.3 Å². The predicted octanol–water partition coefficient (Wildman–Crippen LogP) is -3.51. The van der Waals surface area contributed by atoms with Crippen LogP contribution in [-0.2, 0) is 24.0 Å². The second kappa shape index (κ2) is 10.2. The third-order valence-corrected chi connectivity index (χ3v) is 3.10. The van der Waals surface area contributed by atoms with Gasteiger partial charge in [-0.3, -0.25) is 19.2 Å². The molecule has 0 aliphatic heterocycles. The first kappa shape index (κ1) is 22.3. The number of aliphatic hydroxyl groups is 1. The number of amides is 3. The number of nitrogens with one attached hydrogen (secondary N) is 2. The van der Waals surface area contributed by atoms with Crippen LogP contribution >= 0.6 is 0 Å². The van der Waals surface area contributed by atoms with Gasteiger partial charge in [0.1, 0.15) is 6.04 Å². The van der Waals surface area contributed by atoms with Gasteiger partial charge in [0.15, 0.2) is 6.04 Å². The smallest absolute Gasteiger partial charge is 0.328 e. The normalized spacial score (nSPS) is 15.3. The summed E-state index contributed by atoms with van der Waals surface area (Å²) in [4.78, 5) is 56.4. The van der Waals surface area contributed by atoms with Crippen molar-refractivity contribution in [3.63, 3.8) is 0 Å². The molecule has 4 atom stereocenters. The minimum atomic E-state index is -1.69. The minimum Gasteiger partial charge on any atom is -0.481 e. The van der Waals surface area contributed by atoms with E-state index in [1.807, 2.05) is 5.32 Å². The minimum absolute atomic E-state index is 0.117. The fourth-order valence-corrected chi connectivity index (χ4v) is 1.73. The number of carboxylic acid groups (broad SMARTS) is 2. The summed E-state index contributed by atoms with van der Waals surface area (Å²) in [6.07, 6.45) is -2.60. The standard InChI is InChI=1S/C13H22N4O8/c1-5(18)10(13(24)25)17-12(23)7(4-9(20)21)16-11(22)6(14)2-3-8(15)19/h5-7,10,18H,2-4,14H2,1H3,(H2,15,19)(H,16,22)(H,17,23)(H,20,21)(H,24,25)/t5-,6+,7+,10+/m1/s1. The van der Waals surface area contributed by atoms with Gasteiger partial charge in [-0.25, -0.2) is 4.79 Å². The summed E-state index contributed by atoms with van der Waals surface area (Å²) in [7, 11) is 0. The van der Waals surface area contributed by atoms with Crippen molar-refractivity contribution in [2.45, 2.75) is 50.4 Å². The Balaban J connectivity index is 5.01. The zero-order valence-corrected chi connectivity index (χ0v) is 13.5. The van der Waals surface area contributed by atoms with Gasteiger partial charge in [-0.2, -0.15) is 0 Å². The molecule has 0 spiro atoms. The van der Waals surface area contributed by atoms with Crippen molar-refractivity contribution < 1.29 is 39.3 Å². The number of carbonyl (C=O) groups is 5. The topological polar surface area (TPSA) is 222 Å². The van der Waals surface area contributed by atoms with E-state index in [1.165, 1.54) is 0 Å². The number of aliphatic carboxylic acids is 2. The van der Waals surface area contributed by atoms with E-state index in [4.69, 9.17) is 21.7 Å². The van der Waals surface area contributed by atoms with E-state index >= 15 is 0 Å². The SMILES string of the molecule is C[C@@H](O)[C@H](NC(=O)[C@H](CC(=O)O)NC(=O)[C@@H](N)CCC(N)=O)C(=O)O. The molecule has 0 heterocycles. The number of carbonyl (C=O) groups excluding carboxylic acids is 3. The predicted molar refractivity (Wildman–Crippen MR) is 81.8 cm³/mol. The molecule has 0 fully saturated rings. The van der Waals surface area contributed by atoms with Gasteiger partial charge in [0.05, 0.1) is 18.6 Å². The first-order valence-corrected chi connectivity index (χ1v) is 7.23. The lowest BCUT2D eigenvalue weighted by Crippen LogP contribution is -2.57. The average molecular weight is 362 g/mol. The number of hydrogen-bond donors (Lipinski definition) is 7. The molecule has 12 heteroatoms. The lowest BCUT2D eigenvalue weighted by atomic mass is 10.1. The highest BCUT2D eigenvalue weighted by atomic mass is 16.4. The van der Waals surface area contributed by atoms with Crippen molar-refractivity contribution in [3.05, 3.63) is 0 Å². The molecule has 0 aliphatic rings. The van der Waals surface area contributed by atoms with E-state index in [0.717, 1.165) is 6.92 Å². The number of aliphatic hydroxyl groups excluding tert-OH is 1. The fraction of sp³-hybridized carbons (Fsp3) is 0.615. The van der Waals surface area contributed by atoms with Gasteiger partial charge in [0.25, 0.3) is 0 Å². The van der Waals surface area contributed by atoms with E-state index in [0.29, 0.717) is 0 Å². The third kappa shape index (κ3) is 8.62. The molecule has 0 aliphatic carbocycles. The molecule has 0 aromatic carbocycles. The lowest BCUT2D eigenvalue weighted by Gasteiger charge is -2.23. The highest BCUT2D eigenvalue weighted by molar-refractivity contribution is 5.94. The molecule has 0 saturated heterocycles. The van der Waals surface area contributed by atoms with Crippen molar-refractivity contribution in [2.24, 2.45) is 11.5 Å². The summed E-state index contributed by atoms with van der Waals surface area (Å²) in [5.74, 6) is -5.70. The van der Waals surface area contributed by atoms with E-state index in [1.54, 1.807) is 0 Å². The maximum absolute atomic E-state index is 12.0. The molecular weight excluding hydrogens is 340 g/mol. The number of hydrogen-bond acceptors (Lipinski definition) is 7. The summed E-state index contributed by atoms with van der Waals surface area (Å²) in [5, 5.41) is 31.1. The van der Waals surface area contributed by atoms with Gasteiger partial charge in [-0.1, -0.05) is 0 Å². The molecule has 0 rings (SSSR count). The molecule has 0 saturated carbocycles. The Hall–Kier alpha value is -2.73. The Kier molecular flexibility index (Phi) is 9.09. The second-order valence-electron chi connectivity index (χ2n) is 5.34. The van der Waals surface area contributed by atoms with Crippen LogP contribution in [0.15, 0.2) is 0 Å². The Morgan fingerprint density at radius 1 is 1.04 bits per heavy atom. The highest BCUT2D eigenvalue weighted by Gasteiger charge is 2.31. The number of primary amides is 1. The van der Waals surface area contributed by atoms with Crippen LogP contribution in [0.3, 0.4) is 0 Å². The summed E-state index contributed by atoms with van der Waals surface area (Å²) < 4.78 is 0. The van der Waals surface area contributed by atoms with Gasteiger partial charge < -0.3 is 37.4 Å². The molecule has 3 amide bonds. The second-order valence-corrected chi connectivity index (χ2v) is 5.34. The van der Waals surface area contributed by atoms with Crippen LogP contribution < -0.4 is 22.1 Å². The van der Waals surface area contributed by atoms with Gasteiger partial charge in [-0.05, 0) is 13.3 Å². The number of rotatable bonds is 11. The fourth-order valence-electron chi connectivity index (χ4n) is 1.73. The molecule has 25 heavy (non-hydrogen) atoms. The van der Waals surface area contributed by atoms with Crippen LogP contribution in [-0.4, -0.2) is 69.2 Å². The van der Waals surface area contributed by atoms with Gasteiger partial charge in [0.2, 0.25) is 17.7 Å². The summed E-state index contributed by atoms with van der Waals surface area (Å²) in [6.45, 7) is 1.11. The zero-order chi connectivity index (χ0) is 19.7. The molecule has 9 N–H and O–H groups in total. The Morgan fingerprint density at radius 3 is 2.00 bits per heavy atom. The first-order valence-electron chi connectivity index (χ1n) is 7.23. The van der Waals surface area contributed by atoms with E-state index in [2.05, 4.69) is 5.32 Å². The van der Waals surface area contributed by atoms with Crippen LogP contribution in [0.5, 0.6) is 0 Å². The number of carboxylic acids is 2. The van der Waals surface area contributed by atoms with Crippen LogP contribution in [0.1, 0.15) is 26.2 Å². The Bertz CT molecular complexity index is 536. The molecule has 12 nitrogen and oxygen atoms in total. The maximum atomic E-state index is 12.0. The summed E-state index contributed by atoms with van der Waals surface area (Å²) in [6, 6.07) is -4.53. The number of nitrogens with two attached hydrogens (primary N) is 2. The summed E-state index contributed by atoms with van der Waals surface area (Å²) >= 11 is 0. The van der Waals surface area contributed by atoms with Crippen molar-refractivity contribution >= 4 is 29.7 Å². The van der Waals surface area contributed by atoms with Crippen molar-refractivity contribution in [2.75, 3.05) is 0 Å². The first-order chi connectivity index (χ1) is 11.5. The van der Waals surface area contributed by atoms with Crippen molar-refractivity contribution in [1.29, 1.82) is 0 Å². The van der Waals surface area contributed by atoms with E-state index in [-0.39, 0.29) is 12.8 Å². The van der Waals surface area contributed by atoms with E-state index in [9.17, 15) is 29.1 Å². The lowest BCUT2D eigenvalue weighted by molar-refractivity contribution is -0.145. The van der Waals surface area contributed by atoms with Gasteiger partial charge >= 0.3 is 11.9 Å². The van der Waals surface area contributed by atoms with Crippen LogP contribution in [0.2, 0.25) is 0 Å². The van der Waals surface area contributed by atoms with Crippen LogP contribution in [0.25, 0.3) is 0 Å². The van der Waals surface area contributed by atoms with Gasteiger partial charge in [-0.15, -0.1) is 0 Å². The maximum Gasteiger partial charge on any atom is 0.328 e. The molecular formula is C13H22N4O8. The average Bonchev–Trinajstić information content (AvgIpc) is 2.47. The molecule has 142 valence electrons. The summed E-state index contributed by atoms with van der Waals surface area (Å²) in [5.41, 5.74) is 10.4. The van der Waals surface area contributed by atoms with Crippen LogP contribution in [0, 0.1) is 0 Å². The van der Waals surface area contributed by atoms with Crippen molar-refractivity contribution in [1.82, 2.24) is 10.6 Å². The zero-order valence-electron chi connectivity index (χ0n) is 13.5.